The van der Waals surface area contributed by atoms with Gasteiger partial charge in [0.15, 0.2) is 9.84 Å². The van der Waals surface area contributed by atoms with Crippen LogP contribution in [0.1, 0.15) is 24.0 Å². The Kier molecular flexibility index (Phi) is 6.55. The summed E-state index contributed by atoms with van der Waals surface area (Å²) in [5, 5.41) is 3.57. The summed E-state index contributed by atoms with van der Waals surface area (Å²) < 4.78 is 39.1. The molecule has 1 aromatic heterocycles. The minimum Gasteiger partial charge on any atom is -0.336 e. The lowest BCUT2D eigenvalue weighted by molar-refractivity contribution is 0.203. The molecule has 2 aromatic rings. The van der Waals surface area contributed by atoms with E-state index in [4.69, 9.17) is 0 Å². The third kappa shape index (κ3) is 4.58. The van der Waals surface area contributed by atoms with E-state index >= 15 is 0 Å². The number of sulfone groups is 1. The van der Waals surface area contributed by atoms with Gasteiger partial charge in [-0.25, -0.2) is 17.6 Å². The van der Waals surface area contributed by atoms with Gasteiger partial charge in [0.05, 0.1) is 4.90 Å². The largest absolute Gasteiger partial charge is 0.336 e. The molecule has 25 heavy (non-hydrogen) atoms. The Morgan fingerprint density at radius 1 is 1.20 bits per heavy atom. The molecule has 0 spiro atoms. The second-order valence-corrected chi connectivity index (χ2v) is 8.47. The van der Waals surface area contributed by atoms with Gasteiger partial charge in [0.1, 0.15) is 11.1 Å². The molecule has 1 heterocycles. The molecule has 8 heteroatoms. The zero-order chi connectivity index (χ0) is 18.4. The van der Waals surface area contributed by atoms with Crippen LogP contribution >= 0.6 is 11.3 Å². The van der Waals surface area contributed by atoms with E-state index in [0.29, 0.717) is 18.0 Å². The van der Waals surface area contributed by atoms with E-state index in [-0.39, 0.29) is 17.5 Å². The molecule has 0 saturated carbocycles. The van der Waals surface area contributed by atoms with Crippen molar-refractivity contribution >= 4 is 27.2 Å². The van der Waals surface area contributed by atoms with Crippen molar-refractivity contribution in [2.75, 3.05) is 19.6 Å². The Hall–Kier alpha value is -1.93. The third-order valence-electron chi connectivity index (χ3n) is 3.87. The van der Waals surface area contributed by atoms with Gasteiger partial charge in [0.25, 0.3) is 0 Å². The van der Waals surface area contributed by atoms with Crippen molar-refractivity contribution in [3.8, 4) is 0 Å². The molecule has 1 unspecified atom stereocenters. The summed E-state index contributed by atoms with van der Waals surface area (Å²) in [6.07, 6.45) is 0. The van der Waals surface area contributed by atoms with Gasteiger partial charge in [0, 0.05) is 24.5 Å². The highest BCUT2D eigenvalue weighted by Crippen LogP contribution is 2.31. The molecule has 1 N–H and O–H groups in total. The molecule has 2 rings (SSSR count). The summed E-state index contributed by atoms with van der Waals surface area (Å²) in [7, 11) is -3.77. The molecule has 136 valence electrons. The van der Waals surface area contributed by atoms with Gasteiger partial charge >= 0.3 is 6.03 Å². The smallest absolute Gasteiger partial charge is 0.317 e. The first-order valence-corrected chi connectivity index (χ1v) is 10.4. The lowest BCUT2D eigenvalue weighted by atomic mass is 10.3. The number of hydrogen-bond donors (Lipinski definition) is 1. The number of rotatable bonds is 7. The van der Waals surface area contributed by atoms with Crippen LogP contribution in [0.3, 0.4) is 0 Å². The topological polar surface area (TPSA) is 66.5 Å². The van der Waals surface area contributed by atoms with Gasteiger partial charge in [-0.05, 0) is 49.6 Å². The quantitative estimate of drug-likeness (QED) is 0.744. The van der Waals surface area contributed by atoms with Gasteiger partial charge in [-0.3, -0.25) is 0 Å². The van der Waals surface area contributed by atoms with Crippen LogP contribution in [-0.4, -0.2) is 39.0 Å². The van der Waals surface area contributed by atoms with Crippen molar-refractivity contribution in [2.45, 2.75) is 24.0 Å². The first kappa shape index (κ1) is 19.4. The van der Waals surface area contributed by atoms with Crippen molar-refractivity contribution in [3.05, 3.63) is 52.5 Å². The molecule has 0 aliphatic rings. The number of nitrogens with one attached hydrogen (secondary N) is 1. The van der Waals surface area contributed by atoms with Crippen LogP contribution in [-0.2, 0) is 9.84 Å². The van der Waals surface area contributed by atoms with E-state index in [1.807, 2.05) is 13.8 Å². The minimum absolute atomic E-state index is 0.0318. The maximum absolute atomic E-state index is 13.1. The fourth-order valence-electron chi connectivity index (χ4n) is 2.43. The average Bonchev–Trinajstić information content (AvgIpc) is 3.10. The number of benzene rings is 1. The fourth-order valence-corrected chi connectivity index (χ4v) is 5.21. The Labute approximate surface area is 151 Å². The van der Waals surface area contributed by atoms with Crippen LogP contribution < -0.4 is 5.32 Å². The van der Waals surface area contributed by atoms with Crippen LogP contribution in [0, 0.1) is 5.82 Å². The summed E-state index contributed by atoms with van der Waals surface area (Å²) in [4.78, 5) is 14.4. The van der Waals surface area contributed by atoms with Crippen molar-refractivity contribution in [3.63, 3.8) is 0 Å². The maximum atomic E-state index is 13.1. The number of carbonyl (C=O) groups excluding carboxylic acids is 1. The lowest BCUT2D eigenvalue weighted by Crippen LogP contribution is -2.42. The lowest BCUT2D eigenvalue weighted by Gasteiger charge is -2.22. The summed E-state index contributed by atoms with van der Waals surface area (Å²) in [5.74, 6) is -0.499. The highest BCUT2D eigenvalue weighted by atomic mass is 32.2. The SMILES string of the molecule is CCN(CC)C(=O)NCC(c1cccs1)S(=O)(=O)c1ccc(F)cc1. The highest BCUT2D eigenvalue weighted by Gasteiger charge is 2.30. The molecule has 0 aliphatic carbocycles. The fraction of sp³-hybridized carbons (Fsp3) is 0.353. The van der Waals surface area contributed by atoms with Crippen molar-refractivity contribution in [2.24, 2.45) is 0 Å². The maximum Gasteiger partial charge on any atom is 0.317 e. The molecule has 5 nitrogen and oxygen atoms in total. The van der Waals surface area contributed by atoms with Gasteiger partial charge in [0.2, 0.25) is 0 Å². The average molecular weight is 384 g/mol. The standard InChI is InChI=1S/C17H21FN2O3S2/c1-3-20(4-2)17(21)19-12-16(15-6-5-11-24-15)25(22,23)14-9-7-13(18)8-10-14/h5-11,16H,3-4,12H2,1-2H3,(H,19,21). The van der Waals surface area contributed by atoms with E-state index in [1.165, 1.54) is 23.5 Å². The second-order valence-electron chi connectivity index (χ2n) is 5.36. The third-order valence-corrected chi connectivity index (χ3v) is 7.10. The molecule has 0 bridgehead atoms. The number of hydrogen-bond acceptors (Lipinski definition) is 4. The number of amides is 2. The van der Waals surface area contributed by atoms with E-state index in [9.17, 15) is 17.6 Å². The number of nitrogens with zero attached hydrogens (tertiary/aromatic N) is 1. The monoisotopic (exact) mass is 384 g/mol. The van der Waals surface area contributed by atoms with Crippen molar-refractivity contribution in [1.82, 2.24) is 10.2 Å². The van der Waals surface area contributed by atoms with Crippen LogP contribution in [0.25, 0.3) is 0 Å². The molecule has 0 saturated heterocycles. The zero-order valence-electron chi connectivity index (χ0n) is 14.1. The first-order chi connectivity index (χ1) is 11.9. The summed E-state index contributed by atoms with van der Waals surface area (Å²) >= 11 is 1.31. The first-order valence-electron chi connectivity index (χ1n) is 7.95. The van der Waals surface area contributed by atoms with Gasteiger partial charge in [-0.15, -0.1) is 11.3 Å². The number of urea groups is 1. The Morgan fingerprint density at radius 3 is 2.36 bits per heavy atom. The highest BCUT2D eigenvalue weighted by molar-refractivity contribution is 7.91. The summed E-state index contributed by atoms with van der Waals surface area (Å²) in [6, 6.07) is 7.91. The molecular formula is C17H21FN2O3S2. The predicted molar refractivity (Wildman–Crippen MR) is 97.0 cm³/mol. The molecule has 0 radical (unpaired) electrons. The predicted octanol–water partition coefficient (Wildman–Crippen LogP) is 3.45. The summed E-state index contributed by atoms with van der Waals surface area (Å²) in [5.41, 5.74) is 0. The van der Waals surface area contributed by atoms with Crippen molar-refractivity contribution in [1.29, 1.82) is 0 Å². The van der Waals surface area contributed by atoms with Gasteiger partial charge in [-0.2, -0.15) is 0 Å². The molecular weight excluding hydrogens is 363 g/mol. The van der Waals surface area contributed by atoms with Gasteiger partial charge < -0.3 is 10.2 Å². The van der Waals surface area contributed by atoms with Crippen LogP contribution in [0.2, 0.25) is 0 Å². The Balaban J connectivity index is 2.28. The normalized spacial score (nSPS) is 12.6. The molecule has 0 fully saturated rings. The van der Waals surface area contributed by atoms with Crippen LogP contribution in [0.4, 0.5) is 9.18 Å². The molecule has 1 aromatic carbocycles. The molecule has 0 aliphatic heterocycles. The number of halogens is 1. The van der Waals surface area contributed by atoms with E-state index in [2.05, 4.69) is 5.32 Å². The van der Waals surface area contributed by atoms with Crippen LogP contribution in [0.15, 0.2) is 46.7 Å². The van der Waals surface area contributed by atoms with E-state index < -0.39 is 20.9 Å². The minimum atomic E-state index is -3.77. The zero-order valence-corrected chi connectivity index (χ0v) is 15.7. The molecule has 1 atom stereocenters. The van der Waals surface area contributed by atoms with Crippen molar-refractivity contribution < 1.29 is 17.6 Å². The Bertz CT molecular complexity index is 786. The van der Waals surface area contributed by atoms with E-state index in [1.54, 1.807) is 22.4 Å². The summed E-state index contributed by atoms with van der Waals surface area (Å²) in [6.45, 7) is 4.74. The van der Waals surface area contributed by atoms with Gasteiger partial charge in [-0.1, -0.05) is 6.07 Å². The second kappa shape index (κ2) is 8.44. The number of thiophene rings is 1. The van der Waals surface area contributed by atoms with Crippen LogP contribution in [0.5, 0.6) is 0 Å². The Morgan fingerprint density at radius 2 is 1.84 bits per heavy atom. The van der Waals surface area contributed by atoms with E-state index in [0.717, 1.165) is 12.1 Å². The number of carbonyl (C=O) groups is 1. The molecule has 2 amide bonds.